The first-order valence-corrected chi connectivity index (χ1v) is 7.52. The van der Waals surface area contributed by atoms with Crippen LogP contribution in [0.4, 0.5) is 4.79 Å². The summed E-state index contributed by atoms with van der Waals surface area (Å²) in [7, 11) is 0. The van der Waals surface area contributed by atoms with Crippen LogP contribution in [0.5, 0.6) is 0 Å². The number of carbonyl (C=O) groups is 1. The third-order valence-electron chi connectivity index (χ3n) is 3.33. The zero-order valence-corrected chi connectivity index (χ0v) is 13.1. The van der Waals surface area contributed by atoms with Gasteiger partial charge in [-0.05, 0) is 32.9 Å². The average molecular weight is 291 g/mol. The molecule has 1 aliphatic rings. The Morgan fingerprint density at radius 2 is 2.19 bits per heavy atom. The predicted molar refractivity (Wildman–Crippen MR) is 82.1 cm³/mol. The number of hydrogen-bond acceptors (Lipinski definition) is 4. The van der Waals surface area contributed by atoms with E-state index in [4.69, 9.17) is 4.74 Å². The lowest BCUT2D eigenvalue weighted by atomic mass is 10.0. The van der Waals surface area contributed by atoms with Gasteiger partial charge in [-0.15, -0.1) is 0 Å². The van der Waals surface area contributed by atoms with Crippen molar-refractivity contribution in [3.63, 3.8) is 0 Å². The summed E-state index contributed by atoms with van der Waals surface area (Å²) in [6.45, 7) is 9.09. The van der Waals surface area contributed by atoms with E-state index in [1.54, 1.807) is 4.90 Å². The van der Waals surface area contributed by atoms with E-state index in [2.05, 4.69) is 10.3 Å². The van der Waals surface area contributed by atoms with Crippen molar-refractivity contribution in [3.05, 3.63) is 30.1 Å². The number of pyridine rings is 1. The fraction of sp³-hybridized carbons (Fsp3) is 0.625. The molecule has 1 aromatic rings. The summed E-state index contributed by atoms with van der Waals surface area (Å²) in [6.07, 6.45) is 2.55. The number of carbonyl (C=O) groups excluding carboxylic acids is 1. The van der Waals surface area contributed by atoms with Gasteiger partial charge in [0.25, 0.3) is 0 Å². The molecule has 1 saturated heterocycles. The van der Waals surface area contributed by atoms with E-state index in [0.29, 0.717) is 5.92 Å². The fourth-order valence-corrected chi connectivity index (χ4v) is 2.24. The van der Waals surface area contributed by atoms with Gasteiger partial charge in [-0.25, -0.2) is 4.79 Å². The van der Waals surface area contributed by atoms with E-state index in [9.17, 15) is 4.79 Å². The molecule has 1 fully saturated rings. The molecule has 1 amide bonds. The maximum absolute atomic E-state index is 11.8. The molecule has 116 valence electrons. The Kier molecular flexibility index (Phi) is 5.17. The number of rotatable bonds is 5. The third kappa shape index (κ3) is 5.34. The van der Waals surface area contributed by atoms with E-state index in [1.807, 2.05) is 45.2 Å². The standard InChI is InChI=1S/C16H25N3O2/c1-16(2,3)21-15(20)19-11-13(12-19)10-17-9-7-14-6-4-5-8-18-14/h4-6,8,13,17H,7,9-12H2,1-3H3. The molecule has 2 rings (SSSR count). The van der Waals surface area contributed by atoms with Crippen LogP contribution >= 0.6 is 0 Å². The first-order chi connectivity index (χ1) is 9.94. The lowest BCUT2D eigenvalue weighted by Crippen LogP contribution is -2.54. The van der Waals surface area contributed by atoms with Crippen molar-refractivity contribution in [2.24, 2.45) is 5.92 Å². The molecule has 0 atom stereocenters. The predicted octanol–water partition coefficient (Wildman–Crippen LogP) is 2.08. The van der Waals surface area contributed by atoms with Gasteiger partial charge in [0.2, 0.25) is 0 Å². The van der Waals surface area contributed by atoms with Crippen molar-refractivity contribution in [2.45, 2.75) is 32.8 Å². The van der Waals surface area contributed by atoms with E-state index in [-0.39, 0.29) is 6.09 Å². The summed E-state index contributed by atoms with van der Waals surface area (Å²) in [5.74, 6) is 0.529. The monoisotopic (exact) mass is 291 g/mol. The minimum absolute atomic E-state index is 0.202. The summed E-state index contributed by atoms with van der Waals surface area (Å²) >= 11 is 0. The first-order valence-electron chi connectivity index (χ1n) is 7.52. The van der Waals surface area contributed by atoms with Crippen LogP contribution in [0.15, 0.2) is 24.4 Å². The lowest BCUT2D eigenvalue weighted by Gasteiger charge is -2.39. The quantitative estimate of drug-likeness (QED) is 0.844. The molecule has 5 nitrogen and oxygen atoms in total. The van der Waals surface area contributed by atoms with Gasteiger partial charge >= 0.3 is 6.09 Å². The summed E-state index contributed by atoms with van der Waals surface area (Å²) in [5.41, 5.74) is 0.692. The summed E-state index contributed by atoms with van der Waals surface area (Å²) < 4.78 is 5.33. The molecule has 2 heterocycles. The van der Waals surface area contributed by atoms with Crippen LogP contribution in [-0.2, 0) is 11.2 Å². The van der Waals surface area contributed by atoms with Crippen LogP contribution in [0.1, 0.15) is 26.5 Å². The number of aromatic nitrogens is 1. The second-order valence-electron chi connectivity index (χ2n) is 6.53. The number of hydrogen-bond donors (Lipinski definition) is 1. The van der Waals surface area contributed by atoms with Crippen molar-refractivity contribution >= 4 is 6.09 Å². The minimum Gasteiger partial charge on any atom is -0.444 e. The van der Waals surface area contributed by atoms with Gasteiger partial charge in [-0.3, -0.25) is 4.98 Å². The third-order valence-corrected chi connectivity index (χ3v) is 3.33. The van der Waals surface area contributed by atoms with E-state index < -0.39 is 5.60 Å². The van der Waals surface area contributed by atoms with Crippen molar-refractivity contribution in [3.8, 4) is 0 Å². The van der Waals surface area contributed by atoms with Gasteiger partial charge in [0.15, 0.2) is 0 Å². The molecule has 21 heavy (non-hydrogen) atoms. The second-order valence-corrected chi connectivity index (χ2v) is 6.53. The molecule has 0 radical (unpaired) electrons. The Morgan fingerprint density at radius 1 is 1.43 bits per heavy atom. The van der Waals surface area contributed by atoms with Gasteiger partial charge in [-0.1, -0.05) is 6.07 Å². The molecule has 0 aromatic carbocycles. The Morgan fingerprint density at radius 3 is 2.81 bits per heavy atom. The molecule has 0 bridgehead atoms. The lowest BCUT2D eigenvalue weighted by molar-refractivity contribution is -0.000716. The van der Waals surface area contributed by atoms with Crippen molar-refractivity contribution < 1.29 is 9.53 Å². The molecule has 1 N–H and O–H groups in total. The summed E-state index contributed by atoms with van der Waals surface area (Å²) in [6, 6.07) is 5.97. The van der Waals surface area contributed by atoms with Gasteiger partial charge in [0.05, 0.1) is 0 Å². The topological polar surface area (TPSA) is 54.5 Å². The SMILES string of the molecule is CC(C)(C)OC(=O)N1CC(CNCCc2ccccn2)C1. The second kappa shape index (κ2) is 6.89. The van der Waals surface area contributed by atoms with Crippen LogP contribution < -0.4 is 5.32 Å². The van der Waals surface area contributed by atoms with E-state index in [1.165, 1.54) is 0 Å². The summed E-state index contributed by atoms with van der Waals surface area (Å²) in [5, 5.41) is 3.42. The van der Waals surface area contributed by atoms with Crippen LogP contribution in [0.3, 0.4) is 0 Å². The number of nitrogens with one attached hydrogen (secondary N) is 1. The van der Waals surface area contributed by atoms with Gasteiger partial charge in [0.1, 0.15) is 5.60 Å². The average Bonchev–Trinajstić information content (AvgIpc) is 2.35. The van der Waals surface area contributed by atoms with Crippen molar-refractivity contribution in [1.82, 2.24) is 15.2 Å². The normalized spacial score (nSPS) is 15.7. The number of amides is 1. The highest BCUT2D eigenvalue weighted by molar-refractivity contribution is 5.69. The number of ether oxygens (including phenoxy) is 1. The Hall–Kier alpha value is -1.62. The molecule has 0 spiro atoms. The molecule has 0 aliphatic carbocycles. The molecule has 1 aliphatic heterocycles. The molecular formula is C16H25N3O2. The zero-order valence-electron chi connectivity index (χ0n) is 13.1. The van der Waals surface area contributed by atoms with Crippen molar-refractivity contribution in [1.29, 1.82) is 0 Å². The summed E-state index contributed by atoms with van der Waals surface area (Å²) in [4.78, 5) is 17.8. The largest absolute Gasteiger partial charge is 0.444 e. The fourth-order valence-electron chi connectivity index (χ4n) is 2.24. The van der Waals surface area contributed by atoms with Crippen LogP contribution in [0, 0.1) is 5.92 Å². The maximum atomic E-state index is 11.8. The van der Waals surface area contributed by atoms with E-state index >= 15 is 0 Å². The number of nitrogens with zero attached hydrogens (tertiary/aromatic N) is 2. The van der Waals surface area contributed by atoms with E-state index in [0.717, 1.165) is 38.3 Å². The first kappa shape index (κ1) is 15.8. The minimum atomic E-state index is -0.414. The highest BCUT2D eigenvalue weighted by atomic mass is 16.6. The van der Waals surface area contributed by atoms with Crippen molar-refractivity contribution in [2.75, 3.05) is 26.2 Å². The smallest absolute Gasteiger partial charge is 0.410 e. The van der Waals surface area contributed by atoms with Gasteiger partial charge in [-0.2, -0.15) is 0 Å². The zero-order chi connectivity index (χ0) is 15.3. The van der Waals surface area contributed by atoms with Gasteiger partial charge in [0, 0.05) is 50.4 Å². The van der Waals surface area contributed by atoms with Crippen LogP contribution in [0.2, 0.25) is 0 Å². The molecule has 0 unspecified atom stereocenters. The molecule has 1 aromatic heterocycles. The molecule has 5 heteroatoms. The highest BCUT2D eigenvalue weighted by Crippen LogP contribution is 2.18. The molecule has 0 saturated carbocycles. The molecular weight excluding hydrogens is 266 g/mol. The Balaban J connectivity index is 1.56. The highest BCUT2D eigenvalue weighted by Gasteiger charge is 2.33. The van der Waals surface area contributed by atoms with Crippen LogP contribution in [-0.4, -0.2) is 47.8 Å². The Labute approximate surface area is 126 Å². The van der Waals surface area contributed by atoms with Crippen LogP contribution in [0.25, 0.3) is 0 Å². The number of likely N-dealkylation sites (tertiary alicyclic amines) is 1. The maximum Gasteiger partial charge on any atom is 0.410 e. The Bertz CT molecular complexity index is 450. The van der Waals surface area contributed by atoms with Gasteiger partial charge < -0.3 is 15.0 Å².